The van der Waals surface area contributed by atoms with Crippen molar-refractivity contribution in [3.05, 3.63) is 82.4 Å². The highest BCUT2D eigenvalue weighted by molar-refractivity contribution is 5.64. The molecule has 0 radical (unpaired) electrons. The smallest absolute Gasteiger partial charge is 0.149 e. The first-order valence-electron chi connectivity index (χ1n) is 11.6. The summed E-state index contributed by atoms with van der Waals surface area (Å²) in [5, 5.41) is 24.8. The molecule has 1 aliphatic carbocycles. The van der Waals surface area contributed by atoms with E-state index in [1.165, 1.54) is 16.7 Å². The summed E-state index contributed by atoms with van der Waals surface area (Å²) in [7, 11) is 0. The molecule has 0 amide bonds. The molecule has 8 heteroatoms. The lowest BCUT2D eigenvalue weighted by Gasteiger charge is -2.24. The van der Waals surface area contributed by atoms with Gasteiger partial charge in [-0.25, -0.2) is 9.67 Å². The van der Waals surface area contributed by atoms with Crippen molar-refractivity contribution in [1.29, 1.82) is 5.26 Å². The highest BCUT2D eigenvalue weighted by Crippen LogP contribution is 2.23. The van der Waals surface area contributed by atoms with Crippen molar-refractivity contribution in [1.82, 2.24) is 35.5 Å². The van der Waals surface area contributed by atoms with Gasteiger partial charge in [0, 0.05) is 45.1 Å². The number of pyridine rings is 1. The lowest BCUT2D eigenvalue weighted by atomic mass is 9.99. The zero-order valence-corrected chi connectivity index (χ0v) is 20.1. The number of aryl methyl sites for hydroxylation is 1. The minimum atomic E-state index is 0. The van der Waals surface area contributed by atoms with Crippen LogP contribution in [0.15, 0.2) is 71.2 Å². The zero-order chi connectivity index (χ0) is 24.1. The van der Waals surface area contributed by atoms with Crippen LogP contribution in [0, 0.1) is 18.3 Å². The monoisotopic (exact) mass is 456 g/mol. The fourth-order valence-corrected chi connectivity index (χ4v) is 4.06. The molecule has 0 saturated heterocycles. The topological polar surface area (TPSA) is 94.7 Å². The number of aromatic nitrogens is 4. The van der Waals surface area contributed by atoms with Gasteiger partial charge in [0.25, 0.3) is 0 Å². The molecule has 2 N–H and O–H groups in total. The number of nitrogens with zero attached hydrogens (tertiary/aromatic N) is 6. The van der Waals surface area contributed by atoms with Crippen molar-refractivity contribution < 1.29 is 1.43 Å². The first-order chi connectivity index (χ1) is 16.6. The number of hydrogen-bond donors (Lipinski definition) is 2. The van der Waals surface area contributed by atoms with Gasteiger partial charge in [-0.15, -0.1) is 10.8 Å². The first kappa shape index (κ1) is 23.2. The maximum absolute atomic E-state index is 9.34. The van der Waals surface area contributed by atoms with Gasteiger partial charge in [-0.2, -0.15) is 5.26 Å². The SMILES string of the molecule is CC.CC1=C=C(CNCC2=CN3C=C(Cn4cc(-c5cc(C)cnc5C#N)nn4)NC3C=C2)C1.[HH]. The molecule has 8 nitrogen and oxygen atoms in total. The van der Waals surface area contributed by atoms with Gasteiger partial charge in [0.15, 0.2) is 0 Å². The van der Waals surface area contributed by atoms with E-state index < -0.39 is 0 Å². The lowest BCUT2D eigenvalue weighted by Crippen LogP contribution is -2.34. The third-order valence-corrected chi connectivity index (χ3v) is 5.58. The predicted octanol–water partition coefficient (Wildman–Crippen LogP) is 3.78. The van der Waals surface area contributed by atoms with Crippen LogP contribution in [-0.2, 0) is 6.54 Å². The maximum Gasteiger partial charge on any atom is 0.149 e. The van der Waals surface area contributed by atoms with Crippen LogP contribution in [0.4, 0.5) is 0 Å². The zero-order valence-electron chi connectivity index (χ0n) is 20.1. The number of rotatable bonds is 7. The van der Waals surface area contributed by atoms with Crippen LogP contribution in [0.2, 0.25) is 0 Å². The Labute approximate surface area is 202 Å². The van der Waals surface area contributed by atoms with Crippen LogP contribution in [0.25, 0.3) is 11.3 Å². The van der Waals surface area contributed by atoms with Gasteiger partial charge in [0.05, 0.1) is 18.4 Å². The third kappa shape index (κ3) is 5.18. The van der Waals surface area contributed by atoms with Crippen LogP contribution >= 0.6 is 0 Å². The summed E-state index contributed by atoms with van der Waals surface area (Å²) in [6, 6.07) is 4.04. The number of allylic oxidation sites excluding steroid dienone is 1. The average Bonchev–Trinajstić information content (AvgIpc) is 3.45. The highest BCUT2D eigenvalue weighted by atomic mass is 15.4. The molecule has 2 aromatic rings. The van der Waals surface area contributed by atoms with E-state index in [1.807, 2.05) is 33.0 Å². The average molecular weight is 457 g/mol. The van der Waals surface area contributed by atoms with Gasteiger partial charge in [0.2, 0.25) is 0 Å². The van der Waals surface area contributed by atoms with Gasteiger partial charge in [-0.05, 0) is 48.3 Å². The summed E-state index contributed by atoms with van der Waals surface area (Å²) < 4.78 is 1.77. The molecule has 0 saturated carbocycles. The van der Waals surface area contributed by atoms with Crippen molar-refractivity contribution in [2.24, 2.45) is 0 Å². The van der Waals surface area contributed by atoms with E-state index in [-0.39, 0.29) is 7.59 Å². The standard InChI is InChI=1S/C24H24N8.C2H6.H2/c1-16-5-19(6-16)11-26-10-18-3-4-24-28-20(13-31(24)12-18)14-32-15-23(29-30-32)21-7-17(2)9-27-22(21)8-25;1-2;/h3-4,7,9,12-13,15,24,26,28H,5,10-11,14H2,1-2H3;1-2H3;1H. The third-order valence-electron chi connectivity index (χ3n) is 5.58. The van der Waals surface area contributed by atoms with Crippen molar-refractivity contribution in [3.63, 3.8) is 0 Å². The van der Waals surface area contributed by atoms with Crippen molar-refractivity contribution in [2.45, 2.75) is 46.8 Å². The Bertz CT molecular complexity index is 1270. The minimum absolute atomic E-state index is 0. The van der Waals surface area contributed by atoms with Crippen LogP contribution in [-0.4, -0.2) is 44.1 Å². The Morgan fingerprint density at radius 2 is 2.12 bits per heavy atom. The minimum Gasteiger partial charge on any atom is -0.362 e. The summed E-state index contributed by atoms with van der Waals surface area (Å²) in [6.07, 6.45) is 13.3. The Morgan fingerprint density at radius 1 is 1.29 bits per heavy atom. The van der Waals surface area contributed by atoms with Crippen LogP contribution in [0.3, 0.4) is 0 Å². The second-order valence-corrected chi connectivity index (χ2v) is 8.37. The molecule has 2 aliphatic heterocycles. The number of hydrogen-bond acceptors (Lipinski definition) is 7. The summed E-state index contributed by atoms with van der Waals surface area (Å²) in [5.41, 5.74) is 11.0. The van der Waals surface area contributed by atoms with Crippen molar-refractivity contribution in [3.8, 4) is 17.3 Å². The van der Waals surface area contributed by atoms with Crippen molar-refractivity contribution in [2.75, 3.05) is 13.1 Å². The fraction of sp³-hybridized carbons (Fsp3) is 0.346. The molecule has 3 aliphatic rings. The second kappa shape index (κ2) is 10.3. The summed E-state index contributed by atoms with van der Waals surface area (Å²) in [4.78, 5) is 6.37. The van der Waals surface area contributed by atoms with Gasteiger partial charge in [-0.3, -0.25) is 0 Å². The lowest BCUT2D eigenvalue weighted by molar-refractivity contribution is 0.416. The quantitative estimate of drug-likeness (QED) is 0.612. The number of fused-ring (bicyclic) bond motifs is 1. The molecule has 0 aromatic carbocycles. The maximum atomic E-state index is 9.34. The molecular weight excluding hydrogens is 424 g/mol. The molecule has 1 unspecified atom stereocenters. The Balaban J connectivity index is 0.00000111. The summed E-state index contributed by atoms with van der Waals surface area (Å²) >= 11 is 0. The molecule has 2 aromatic heterocycles. The van der Waals surface area contributed by atoms with Gasteiger partial charge >= 0.3 is 0 Å². The Hall–Kier alpha value is -3.92. The molecule has 0 spiro atoms. The van der Waals surface area contributed by atoms with Crippen LogP contribution < -0.4 is 10.6 Å². The highest BCUT2D eigenvalue weighted by Gasteiger charge is 2.23. The van der Waals surface area contributed by atoms with E-state index in [0.717, 1.165) is 30.8 Å². The molecule has 0 bridgehead atoms. The van der Waals surface area contributed by atoms with E-state index in [2.05, 4.69) is 74.1 Å². The molecule has 5 rings (SSSR count). The largest absolute Gasteiger partial charge is 0.362 e. The second-order valence-electron chi connectivity index (χ2n) is 8.37. The normalized spacial score (nSPS) is 17.7. The van der Waals surface area contributed by atoms with Gasteiger partial charge in [0.1, 0.15) is 23.6 Å². The molecule has 4 heterocycles. The van der Waals surface area contributed by atoms with E-state index in [0.29, 0.717) is 23.5 Å². The molecular formula is C26H32N8. The van der Waals surface area contributed by atoms with E-state index in [4.69, 9.17) is 0 Å². The van der Waals surface area contributed by atoms with E-state index in [1.54, 1.807) is 10.9 Å². The van der Waals surface area contributed by atoms with Gasteiger partial charge in [-0.1, -0.05) is 25.1 Å². The van der Waals surface area contributed by atoms with Crippen LogP contribution in [0.5, 0.6) is 0 Å². The first-order valence-corrected chi connectivity index (χ1v) is 11.6. The van der Waals surface area contributed by atoms with Gasteiger partial charge < -0.3 is 15.5 Å². The Morgan fingerprint density at radius 3 is 2.88 bits per heavy atom. The number of nitriles is 1. The summed E-state index contributed by atoms with van der Waals surface area (Å²) in [5.74, 6) is 0. The van der Waals surface area contributed by atoms with Crippen LogP contribution in [0.1, 0.15) is 39.9 Å². The number of nitrogens with one attached hydrogen (secondary N) is 2. The van der Waals surface area contributed by atoms with Crippen molar-refractivity contribution >= 4 is 0 Å². The fourth-order valence-electron chi connectivity index (χ4n) is 4.06. The van der Waals surface area contributed by atoms with E-state index >= 15 is 0 Å². The molecule has 34 heavy (non-hydrogen) atoms. The van der Waals surface area contributed by atoms with E-state index in [9.17, 15) is 5.26 Å². The molecule has 176 valence electrons. The predicted molar refractivity (Wildman–Crippen MR) is 134 cm³/mol. The molecule has 1 atom stereocenters. The molecule has 0 fully saturated rings. The summed E-state index contributed by atoms with van der Waals surface area (Å²) in [6.45, 7) is 10.3. The Kier molecular flexibility index (Phi) is 7.07.